The van der Waals surface area contributed by atoms with Crippen molar-refractivity contribution in [3.8, 4) is 17.3 Å². The highest BCUT2D eigenvalue weighted by Crippen LogP contribution is 2.22. The Bertz CT molecular complexity index is 532. The lowest BCUT2D eigenvalue weighted by Gasteiger charge is -2.05. The molecule has 2 nitrogen and oxygen atoms in total. The molecule has 17 heavy (non-hydrogen) atoms. The van der Waals surface area contributed by atoms with Gasteiger partial charge in [-0.05, 0) is 17.9 Å². The number of hydrogen-bond acceptors (Lipinski definition) is 3. The first kappa shape index (κ1) is 11.8. The van der Waals surface area contributed by atoms with Crippen LogP contribution in [0.5, 0.6) is 0 Å². The van der Waals surface area contributed by atoms with Gasteiger partial charge in [-0.3, -0.25) is 0 Å². The van der Waals surface area contributed by atoms with E-state index in [9.17, 15) is 0 Å². The SMILES string of the molecule is CC(C)Cc1ccc(-c2csc(C#N)n2)cc1. The van der Waals surface area contributed by atoms with Crippen LogP contribution in [-0.2, 0) is 6.42 Å². The zero-order valence-corrected chi connectivity index (χ0v) is 10.8. The molecule has 1 heterocycles. The minimum atomic E-state index is 0.520. The van der Waals surface area contributed by atoms with Crippen LogP contribution >= 0.6 is 11.3 Å². The topological polar surface area (TPSA) is 36.7 Å². The van der Waals surface area contributed by atoms with E-state index in [0.717, 1.165) is 17.7 Å². The molecule has 1 aromatic carbocycles. The lowest BCUT2D eigenvalue weighted by atomic mass is 10.0. The van der Waals surface area contributed by atoms with Gasteiger partial charge in [-0.1, -0.05) is 38.1 Å². The second kappa shape index (κ2) is 5.11. The Morgan fingerprint density at radius 2 is 2.00 bits per heavy atom. The summed E-state index contributed by atoms with van der Waals surface area (Å²) in [6.45, 7) is 4.43. The van der Waals surface area contributed by atoms with Crippen LogP contribution in [0.4, 0.5) is 0 Å². The van der Waals surface area contributed by atoms with E-state index >= 15 is 0 Å². The highest BCUT2D eigenvalue weighted by atomic mass is 32.1. The van der Waals surface area contributed by atoms with Gasteiger partial charge in [-0.2, -0.15) is 5.26 Å². The summed E-state index contributed by atoms with van der Waals surface area (Å²) >= 11 is 1.39. The molecule has 0 spiro atoms. The number of aromatic nitrogens is 1. The Kier molecular flexibility index (Phi) is 3.55. The summed E-state index contributed by atoms with van der Waals surface area (Å²) in [6.07, 6.45) is 1.10. The molecule has 0 atom stereocenters. The number of thiazole rings is 1. The van der Waals surface area contributed by atoms with Gasteiger partial charge in [0.25, 0.3) is 0 Å². The molecule has 0 aliphatic heterocycles. The zero-order valence-electron chi connectivity index (χ0n) is 9.97. The van der Waals surface area contributed by atoms with Crippen molar-refractivity contribution in [1.82, 2.24) is 4.98 Å². The highest BCUT2D eigenvalue weighted by Gasteiger charge is 2.04. The fraction of sp³-hybridized carbons (Fsp3) is 0.286. The van der Waals surface area contributed by atoms with E-state index in [1.807, 2.05) is 5.38 Å². The molecule has 0 saturated carbocycles. The van der Waals surface area contributed by atoms with Crippen LogP contribution < -0.4 is 0 Å². The quantitative estimate of drug-likeness (QED) is 0.819. The Hall–Kier alpha value is -1.66. The van der Waals surface area contributed by atoms with Crippen molar-refractivity contribution in [2.75, 3.05) is 0 Å². The number of benzene rings is 1. The van der Waals surface area contributed by atoms with Crippen LogP contribution in [0.15, 0.2) is 29.6 Å². The molecule has 0 unspecified atom stereocenters. The number of nitriles is 1. The zero-order chi connectivity index (χ0) is 12.3. The molecule has 0 saturated heterocycles. The number of nitrogens with zero attached hydrogens (tertiary/aromatic N) is 2. The summed E-state index contributed by atoms with van der Waals surface area (Å²) in [5.74, 6) is 0.672. The average molecular weight is 242 g/mol. The van der Waals surface area contributed by atoms with E-state index < -0.39 is 0 Å². The predicted octanol–water partition coefficient (Wildman–Crippen LogP) is 3.88. The minimum absolute atomic E-state index is 0.520. The van der Waals surface area contributed by atoms with Crippen molar-refractivity contribution in [2.24, 2.45) is 5.92 Å². The largest absolute Gasteiger partial charge is 0.226 e. The lowest BCUT2D eigenvalue weighted by molar-refractivity contribution is 0.647. The van der Waals surface area contributed by atoms with Crippen molar-refractivity contribution >= 4 is 11.3 Å². The van der Waals surface area contributed by atoms with Gasteiger partial charge in [0.05, 0.1) is 5.69 Å². The van der Waals surface area contributed by atoms with Crippen molar-refractivity contribution < 1.29 is 0 Å². The summed E-state index contributed by atoms with van der Waals surface area (Å²) in [5.41, 5.74) is 3.32. The van der Waals surface area contributed by atoms with Crippen LogP contribution in [0.3, 0.4) is 0 Å². The first-order valence-corrected chi connectivity index (χ1v) is 6.52. The molecule has 0 fully saturated rings. The fourth-order valence-electron chi connectivity index (χ4n) is 1.74. The third-order valence-corrected chi connectivity index (χ3v) is 3.24. The van der Waals surface area contributed by atoms with Crippen molar-refractivity contribution in [2.45, 2.75) is 20.3 Å². The van der Waals surface area contributed by atoms with Crippen molar-refractivity contribution in [3.05, 3.63) is 40.2 Å². The maximum Gasteiger partial charge on any atom is 0.194 e. The molecule has 0 bridgehead atoms. The van der Waals surface area contributed by atoms with Crippen LogP contribution in [-0.4, -0.2) is 4.98 Å². The van der Waals surface area contributed by atoms with E-state index in [-0.39, 0.29) is 0 Å². The van der Waals surface area contributed by atoms with Gasteiger partial charge in [0.15, 0.2) is 5.01 Å². The van der Waals surface area contributed by atoms with Crippen molar-refractivity contribution in [3.63, 3.8) is 0 Å². The van der Waals surface area contributed by atoms with Gasteiger partial charge in [0, 0.05) is 10.9 Å². The molecule has 0 N–H and O–H groups in total. The fourth-order valence-corrected chi connectivity index (χ4v) is 2.36. The Balaban J connectivity index is 2.20. The van der Waals surface area contributed by atoms with Crippen LogP contribution in [0.25, 0.3) is 11.3 Å². The molecule has 3 heteroatoms. The second-order valence-corrected chi connectivity index (χ2v) is 5.30. The summed E-state index contributed by atoms with van der Waals surface area (Å²) in [7, 11) is 0. The van der Waals surface area contributed by atoms with E-state index in [2.05, 4.69) is 49.2 Å². The average Bonchev–Trinajstić information content (AvgIpc) is 2.78. The smallest absolute Gasteiger partial charge is 0.194 e. The third-order valence-electron chi connectivity index (χ3n) is 2.49. The molecular formula is C14H14N2S. The van der Waals surface area contributed by atoms with Crippen LogP contribution in [0, 0.1) is 17.2 Å². The first-order chi connectivity index (χ1) is 8.19. The number of rotatable bonds is 3. The number of hydrogen-bond donors (Lipinski definition) is 0. The Labute approximate surface area is 106 Å². The summed E-state index contributed by atoms with van der Waals surface area (Å²) < 4.78 is 0. The molecule has 1 aromatic heterocycles. The molecule has 86 valence electrons. The molecular weight excluding hydrogens is 228 g/mol. The lowest BCUT2D eigenvalue weighted by Crippen LogP contribution is -1.93. The Morgan fingerprint density at radius 3 is 2.53 bits per heavy atom. The van der Waals surface area contributed by atoms with Gasteiger partial charge >= 0.3 is 0 Å². The molecule has 0 aliphatic rings. The maximum absolute atomic E-state index is 8.74. The van der Waals surface area contributed by atoms with E-state index in [1.165, 1.54) is 16.9 Å². The van der Waals surface area contributed by atoms with Gasteiger partial charge < -0.3 is 0 Å². The van der Waals surface area contributed by atoms with E-state index in [4.69, 9.17) is 5.26 Å². The standard InChI is InChI=1S/C14H14N2S/c1-10(2)7-11-3-5-12(6-4-11)13-9-17-14(8-15)16-13/h3-6,9-10H,7H2,1-2H3. The Morgan fingerprint density at radius 1 is 1.29 bits per heavy atom. The maximum atomic E-state index is 8.74. The van der Waals surface area contributed by atoms with Gasteiger partial charge in [-0.15, -0.1) is 11.3 Å². The second-order valence-electron chi connectivity index (χ2n) is 4.44. The molecule has 0 aliphatic carbocycles. The molecule has 0 amide bonds. The summed E-state index contributed by atoms with van der Waals surface area (Å²) in [5, 5.41) is 11.2. The minimum Gasteiger partial charge on any atom is -0.226 e. The van der Waals surface area contributed by atoms with E-state index in [0.29, 0.717) is 10.9 Å². The summed E-state index contributed by atoms with van der Waals surface area (Å²) in [4.78, 5) is 4.25. The van der Waals surface area contributed by atoms with Gasteiger partial charge in [0.2, 0.25) is 0 Å². The highest BCUT2D eigenvalue weighted by molar-refractivity contribution is 7.10. The predicted molar refractivity (Wildman–Crippen MR) is 70.8 cm³/mol. The van der Waals surface area contributed by atoms with Gasteiger partial charge in [-0.25, -0.2) is 4.98 Å². The molecule has 2 rings (SSSR count). The van der Waals surface area contributed by atoms with Crippen molar-refractivity contribution in [1.29, 1.82) is 5.26 Å². The first-order valence-electron chi connectivity index (χ1n) is 5.64. The van der Waals surface area contributed by atoms with Crippen LogP contribution in [0.2, 0.25) is 0 Å². The van der Waals surface area contributed by atoms with E-state index in [1.54, 1.807) is 0 Å². The third kappa shape index (κ3) is 2.92. The van der Waals surface area contributed by atoms with Crippen LogP contribution in [0.1, 0.15) is 24.4 Å². The molecule has 0 radical (unpaired) electrons. The summed E-state index contributed by atoms with van der Waals surface area (Å²) in [6, 6.07) is 10.5. The monoisotopic (exact) mass is 242 g/mol. The normalized spacial score (nSPS) is 10.5. The van der Waals surface area contributed by atoms with Gasteiger partial charge in [0.1, 0.15) is 6.07 Å². The molecule has 2 aromatic rings.